The minimum atomic E-state index is -0.722. The number of rotatable bonds is 3. The SMILES string of the molecule is CCC1(C(=O)O)CCN(C(=O)C2COC(C)C2)CC1. The van der Waals surface area contributed by atoms with Crippen LogP contribution in [0.3, 0.4) is 0 Å². The first-order valence-electron chi connectivity index (χ1n) is 7.12. The molecule has 108 valence electrons. The zero-order valence-electron chi connectivity index (χ0n) is 11.7. The van der Waals surface area contributed by atoms with E-state index in [0.717, 1.165) is 6.42 Å². The van der Waals surface area contributed by atoms with Crippen LogP contribution in [-0.2, 0) is 14.3 Å². The maximum atomic E-state index is 12.3. The largest absolute Gasteiger partial charge is 0.481 e. The highest BCUT2D eigenvalue weighted by molar-refractivity contribution is 5.80. The van der Waals surface area contributed by atoms with E-state index < -0.39 is 11.4 Å². The van der Waals surface area contributed by atoms with Gasteiger partial charge in [0.1, 0.15) is 0 Å². The minimum Gasteiger partial charge on any atom is -0.481 e. The molecular weight excluding hydrogens is 246 g/mol. The Labute approximate surface area is 113 Å². The second kappa shape index (κ2) is 5.49. The summed E-state index contributed by atoms with van der Waals surface area (Å²) in [7, 11) is 0. The maximum absolute atomic E-state index is 12.3. The third kappa shape index (κ3) is 2.76. The number of carboxylic acids is 1. The monoisotopic (exact) mass is 269 g/mol. The van der Waals surface area contributed by atoms with Gasteiger partial charge in [0.15, 0.2) is 0 Å². The standard InChI is InChI=1S/C14H23NO4/c1-3-14(13(17)18)4-6-15(7-5-14)12(16)11-8-10(2)19-9-11/h10-11H,3-9H2,1-2H3,(H,17,18). The fraction of sp³-hybridized carbons (Fsp3) is 0.857. The van der Waals surface area contributed by atoms with Crippen LogP contribution in [0.25, 0.3) is 0 Å². The van der Waals surface area contributed by atoms with Crippen molar-refractivity contribution in [1.82, 2.24) is 4.90 Å². The van der Waals surface area contributed by atoms with Crippen molar-refractivity contribution >= 4 is 11.9 Å². The van der Waals surface area contributed by atoms with Gasteiger partial charge in [0.05, 0.1) is 24.0 Å². The van der Waals surface area contributed by atoms with Gasteiger partial charge in [-0.15, -0.1) is 0 Å². The highest BCUT2D eigenvalue weighted by Crippen LogP contribution is 2.36. The maximum Gasteiger partial charge on any atom is 0.309 e. The van der Waals surface area contributed by atoms with E-state index in [4.69, 9.17) is 4.74 Å². The normalized spacial score (nSPS) is 30.3. The van der Waals surface area contributed by atoms with Crippen LogP contribution in [-0.4, -0.2) is 47.7 Å². The molecule has 2 saturated heterocycles. The second-order valence-corrected chi connectivity index (χ2v) is 5.84. The summed E-state index contributed by atoms with van der Waals surface area (Å²) in [6, 6.07) is 0. The Morgan fingerprint density at radius 1 is 1.37 bits per heavy atom. The average Bonchev–Trinajstić information content (AvgIpc) is 2.84. The summed E-state index contributed by atoms with van der Waals surface area (Å²) in [5.41, 5.74) is -0.629. The Morgan fingerprint density at radius 3 is 2.42 bits per heavy atom. The van der Waals surface area contributed by atoms with Crippen molar-refractivity contribution in [2.45, 2.75) is 45.6 Å². The number of piperidine rings is 1. The van der Waals surface area contributed by atoms with E-state index in [1.165, 1.54) is 0 Å². The van der Waals surface area contributed by atoms with Crippen molar-refractivity contribution in [3.8, 4) is 0 Å². The molecule has 2 aliphatic heterocycles. The van der Waals surface area contributed by atoms with Gasteiger partial charge in [0, 0.05) is 13.1 Å². The van der Waals surface area contributed by atoms with E-state index in [1.54, 1.807) is 0 Å². The predicted molar refractivity (Wildman–Crippen MR) is 69.7 cm³/mol. The van der Waals surface area contributed by atoms with Crippen molar-refractivity contribution in [2.24, 2.45) is 11.3 Å². The van der Waals surface area contributed by atoms with Crippen molar-refractivity contribution in [3.63, 3.8) is 0 Å². The molecule has 5 heteroatoms. The molecule has 1 amide bonds. The summed E-state index contributed by atoms with van der Waals surface area (Å²) >= 11 is 0. The fourth-order valence-corrected chi connectivity index (χ4v) is 3.12. The van der Waals surface area contributed by atoms with Gasteiger partial charge < -0.3 is 14.7 Å². The van der Waals surface area contributed by atoms with Crippen LogP contribution in [0.5, 0.6) is 0 Å². The van der Waals surface area contributed by atoms with Gasteiger partial charge >= 0.3 is 5.97 Å². The fourth-order valence-electron chi connectivity index (χ4n) is 3.12. The molecule has 2 rings (SSSR count). The van der Waals surface area contributed by atoms with Crippen molar-refractivity contribution in [3.05, 3.63) is 0 Å². The number of aliphatic carboxylic acids is 1. The molecule has 2 heterocycles. The van der Waals surface area contributed by atoms with Gasteiger partial charge in [-0.3, -0.25) is 9.59 Å². The number of amides is 1. The second-order valence-electron chi connectivity index (χ2n) is 5.84. The van der Waals surface area contributed by atoms with E-state index in [-0.39, 0.29) is 17.9 Å². The number of nitrogens with zero attached hydrogens (tertiary/aromatic N) is 1. The first-order valence-corrected chi connectivity index (χ1v) is 7.12. The highest BCUT2D eigenvalue weighted by atomic mass is 16.5. The third-order valence-electron chi connectivity index (χ3n) is 4.71. The minimum absolute atomic E-state index is 0.0334. The molecule has 0 aromatic rings. The molecule has 0 bridgehead atoms. The Bertz CT molecular complexity index is 360. The van der Waals surface area contributed by atoms with Gasteiger partial charge in [-0.25, -0.2) is 0 Å². The van der Waals surface area contributed by atoms with Crippen LogP contribution in [0, 0.1) is 11.3 Å². The lowest BCUT2D eigenvalue weighted by atomic mass is 9.76. The quantitative estimate of drug-likeness (QED) is 0.843. The zero-order valence-corrected chi connectivity index (χ0v) is 11.7. The summed E-state index contributed by atoms with van der Waals surface area (Å²) in [5, 5.41) is 9.34. The molecule has 0 aliphatic carbocycles. The van der Waals surface area contributed by atoms with E-state index in [0.29, 0.717) is 39.0 Å². The molecule has 0 saturated carbocycles. The van der Waals surface area contributed by atoms with E-state index in [2.05, 4.69) is 0 Å². The highest BCUT2D eigenvalue weighted by Gasteiger charge is 2.42. The molecule has 0 aromatic heterocycles. The molecule has 2 fully saturated rings. The number of carbonyl (C=O) groups is 2. The summed E-state index contributed by atoms with van der Waals surface area (Å²) in [5.74, 6) is -0.617. The smallest absolute Gasteiger partial charge is 0.309 e. The van der Waals surface area contributed by atoms with Crippen LogP contribution < -0.4 is 0 Å². The molecule has 2 atom stereocenters. The topological polar surface area (TPSA) is 66.8 Å². The van der Waals surface area contributed by atoms with Gasteiger partial charge in [-0.2, -0.15) is 0 Å². The van der Waals surface area contributed by atoms with E-state index in [1.807, 2.05) is 18.7 Å². The number of hydrogen-bond donors (Lipinski definition) is 1. The molecule has 0 radical (unpaired) electrons. The predicted octanol–water partition coefficient (Wildman–Crippen LogP) is 1.51. The lowest BCUT2D eigenvalue weighted by Crippen LogP contribution is -2.48. The molecule has 0 spiro atoms. The first kappa shape index (κ1) is 14.3. The molecule has 0 aromatic carbocycles. The molecular formula is C14H23NO4. The van der Waals surface area contributed by atoms with Crippen molar-refractivity contribution < 1.29 is 19.4 Å². The average molecular weight is 269 g/mol. The summed E-state index contributed by atoms with van der Waals surface area (Å²) in [4.78, 5) is 25.5. The molecule has 19 heavy (non-hydrogen) atoms. The Hall–Kier alpha value is -1.10. The molecule has 5 nitrogen and oxygen atoms in total. The van der Waals surface area contributed by atoms with Gasteiger partial charge in [0.2, 0.25) is 5.91 Å². The van der Waals surface area contributed by atoms with Crippen LogP contribution in [0.1, 0.15) is 39.5 Å². The number of carboxylic acid groups (broad SMARTS) is 1. The van der Waals surface area contributed by atoms with E-state index >= 15 is 0 Å². The van der Waals surface area contributed by atoms with Gasteiger partial charge in [0.25, 0.3) is 0 Å². The first-order chi connectivity index (χ1) is 8.98. The van der Waals surface area contributed by atoms with Gasteiger partial charge in [-0.05, 0) is 32.6 Å². The molecule has 1 N–H and O–H groups in total. The number of hydrogen-bond acceptors (Lipinski definition) is 3. The zero-order chi connectivity index (χ0) is 14.0. The van der Waals surface area contributed by atoms with Gasteiger partial charge in [-0.1, -0.05) is 6.92 Å². The van der Waals surface area contributed by atoms with Crippen molar-refractivity contribution in [2.75, 3.05) is 19.7 Å². The summed E-state index contributed by atoms with van der Waals surface area (Å²) in [6.07, 6.45) is 2.70. The van der Waals surface area contributed by atoms with Crippen LogP contribution in [0.4, 0.5) is 0 Å². The lowest BCUT2D eigenvalue weighted by Gasteiger charge is -2.39. The summed E-state index contributed by atoms with van der Waals surface area (Å²) < 4.78 is 5.44. The van der Waals surface area contributed by atoms with Crippen LogP contribution in [0.15, 0.2) is 0 Å². The number of carbonyl (C=O) groups excluding carboxylic acids is 1. The lowest BCUT2D eigenvalue weighted by molar-refractivity contribution is -0.155. The van der Waals surface area contributed by atoms with E-state index in [9.17, 15) is 14.7 Å². The molecule has 2 unspecified atom stereocenters. The Kier molecular flexibility index (Phi) is 4.13. The molecule has 2 aliphatic rings. The van der Waals surface area contributed by atoms with Crippen LogP contribution >= 0.6 is 0 Å². The third-order valence-corrected chi connectivity index (χ3v) is 4.71. The summed E-state index contributed by atoms with van der Waals surface area (Å²) in [6.45, 7) is 5.52. The van der Waals surface area contributed by atoms with Crippen LogP contribution in [0.2, 0.25) is 0 Å². The van der Waals surface area contributed by atoms with Crippen molar-refractivity contribution in [1.29, 1.82) is 0 Å². The number of ether oxygens (including phenoxy) is 1. The number of likely N-dealkylation sites (tertiary alicyclic amines) is 1. The Morgan fingerprint density at radius 2 is 2.00 bits per heavy atom. The Balaban J connectivity index is 1.92.